The van der Waals surface area contributed by atoms with Gasteiger partial charge in [-0.15, -0.1) is 0 Å². The van der Waals surface area contributed by atoms with E-state index in [0.29, 0.717) is 125 Å². The molecule has 4 aliphatic rings. The normalized spacial score (nSPS) is 13.0. The smallest absolute Gasteiger partial charge is 0.232 e. The molecule has 1 aromatic heterocycles. The Labute approximate surface area is 303 Å². The van der Waals surface area contributed by atoms with Crippen molar-refractivity contribution in [3.05, 3.63) is 125 Å². The predicted molar refractivity (Wildman–Crippen MR) is 197 cm³/mol. The fraction of sp³-hybridized carbons (Fsp3) is 0. The summed E-state index contributed by atoms with van der Waals surface area (Å²) in [6.07, 6.45) is 1.42. The van der Waals surface area contributed by atoms with Crippen molar-refractivity contribution in [2.45, 2.75) is 0 Å². The van der Waals surface area contributed by atoms with Gasteiger partial charge in [-0.25, -0.2) is 29.9 Å². The number of hydrogen-bond acceptors (Lipinski definition) is 15. The number of ether oxygens (including phenoxy) is 4. The van der Waals surface area contributed by atoms with Gasteiger partial charge >= 0.3 is 0 Å². The molecule has 54 heavy (non-hydrogen) atoms. The summed E-state index contributed by atoms with van der Waals surface area (Å²) in [4.78, 5) is 32.2. The summed E-state index contributed by atoms with van der Waals surface area (Å²) in [5, 5.41) is 8.98. The van der Waals surface area contributed by atoms with Crippen molar-refractivity contribution in [1.29, 1.82) is 0 Å². The monoisotopic (exact) mass is 709 g/mol. The fourth-order valence-corrected chi connectivity index (χ4v) is 6.36. The van der Waals surface area contributed by atoms with Crippen LogP contribution in [0.25, 0.3) is 0 Å². The van der Waals surface area contributed by atoms with Crippen LogP contribution in [0.3, 0.4) is 0 Å². The molecule has 5 heterocycles. The Morgan fingerprint density at radius 1 is 0.389 bits per heavy atom. The van der Waals surface area contributed by atoms with Gasteiger partial charge in [0.25, 0.3) is 0 Å². The van der Waals surface area contributed by atoms with Crippen LogP contribution in [0.2, 0.25) is 0 Å². The first kappa shape index (κ1) is 29.6. The lowest BCUT2D eigenvalue weighted by Crippen LogP contribution is -2.18. The quantitative estimate of drug-likeness (QED) is 0.141. The van der Waals surface area contributed by atoms with Crippen LogP contribution < -0.4 is 62.5 Å². The fourth-order valence-electron chi connectivity index (χ4n) is 6.36. The number of nitrogens with one attached hydrogen (secondary N) is 2. The molecule has 0 fully saturated rings. The molecule has 7 aromatic rings. The van der Waals surface area contributed by atoms with Crippen molar-refractivity contribution in [1.82, 2.24) is 15.0 Å². The second-order valence-electron chi connectivity index (χ2n) is 12.6. The highest BCUT2D eigenvalue weighted by Gasteiger charge is 2.21. The molecule has 0 saturated heterocycles. The van der Waals surface area contributed by atoms with Gasteiger partial charge in [0, 0.05) is 71.3 Å². The zero-order chi connectivity index (χ0) is 35.9. The van der Waals surface area contributed by atoms with Crippen LogP contribution in [0.1, 0.15) is 0 Å². The van der Waals surface area contributed by atoms with Crippen LogP contribution in [-0.4, -0.2) is 15.0 Å². The third-order valence-electron chi connectivity index (χ3n) is 8.90. The van der Waals surface area contributed by atoms with Crippen molar-refractivity contribution >= 4 is 57.4 Å². The van der Waals surface area contributed by atoms with Gasteiger partial charge in [0.05, 0.1) is 0 Å². The minimum Gasteiger partial charge on any atom is -0.453 e. The summed E-state index contributed by atoms with van der Waals surface area (Å²) in [6.45, 7) is 0. The molecule has 0 aliphatic carbocycles. The number of nitrogens with zero attached hydrogens (tertiary/aromatic N) is 7. The lowest BCUT2D eigenvalue weighted by atomic mass is 10.2. The van der Waals surface area contributed by atoms with Gasteiger partial charge in [0.15, 0.2) is 46.0 Å². The minimum atomic E-state index is 0.322. The first-order chi connectivity index (χ1) is 26.4. The molecular formula is C39H23N11O4. The van der Waals surface area contributed by atoms with Crippen molar-refractivity contribution < 1.29 is 18.9 Å². The molecule has 15 heteroatoms. The number of aromatic nitrogens is 3. The summed E-state index contributed by atoms with van der Waals surface area (Å²) in [6, 6.07) is 29.0. The molecule has 11 rings (SSSR count). The van der Waals surface area contributed by atoms with Gasteiger partial charge in [-0.3, -0.25) is 0 Å². The molecule has 0 amide bonds. The number of nitrogen functional groups attached to an aromatic ring is 2. The van der Waals surface area contributed by atoms with Gasteiger partial charge in [-0.05, 0) is 48.5 Å². The molecule has 0 saturated carbocycles. The average Bonchev–Trinajstić information content (AvgIpc) is 3.16. The Hall–Kier alpha value is -8.07. The number of hydrogen-bond donors (Lipinski definition) is 4. The second-order valence-corrected chi connectivity index (χ2v) is 12.6. The Morgan fingerprint density at radius 3 is 1.13 bits per heavy atom. The van der Waals surface area contributed by atoms with Crippen molar-refractivity contribution in [2.24, 2.45) is 20.0 Å². The van der Waals surface area contributed by atoms with E-state index >= 15 is 0 Å². The summed E-state index contributed by atoms with van der Waals surface area (Å²) in [5.74, 6) is 5.21. The zero-order valence-electron chi connectivity index (χ0n) is 27.7. The molecule has 15 nitrogen and oxygen atoms in total. The number of anilines is 6. The first-order valence-corrected chi connectivity index (χ1v) is 16.7. The predicted octanol–water partition coefficient (Wildman–Crippen LogP) is 6.75. The van der Waals surface area contributed by atoms with Crippen LogP contribution in [-0.2, 0) is 0 Å². The highest BCUT2D eigenvalue weighted by molar-refractivity contribution is 5.69. The second kappa shape index (κ2) is 11.2. The summed E-state index contributed by atoms with van der Waals surface area (Å²) >= 11 is 0. The van der Waals surface area contributed by atoms with E-state index in [1.54, 1.807) is 24.3 Å². The van der Waals surface area contributed by atoms with E-state index in [-0.39, 0.29) is 0 Å². The van der Waals surface area contributed by atoms with Crippen molar-refractivity contribution in [3.8, 4) is 46.0 Å². The number of benzene rings is 6. The van der Waals surface area contributed by atoms with E-state index in [9.17, 15) is 0 Å². The van der Waals surface area contributed by atoms with Gasteiger partial charge in [0.1, 0.15) is 50.5 Å². The van der Waals surface area contributed by atoms with Gasteiger partial charge in [-0.1, -0.05) is 0 Å². The standard InChI is InChI=1S/C39H23N11O4/c40-18-1-5-22-30(9-18)51-34-13-28-36(15-26(34)46-22)53-32-11-20(3-7-24(32)48-28)44-38-42-17-43-39(50-38)45-21-4-8-25-33(12-21)54-37-16-27-35(14-29(37)49-25)52-31-10-19(41)2-6-23(31)47-27/h1-17H,40-41H2,(H2,42,43,44,45,50). The molecule has 0 radical (unpaired) electrons. The number of fused-ring (bicyclic) bond motifs is 8. The molecule has 6 aromatic carbocycles. The maximum Gasteiger partial charge on any atom is 0.232 e. The maximum absolute atomic E-state index is 6.27. The molecule has 6 N–H and O–H groups in total. The van der Waals surface area contributed by atoms with E-state index in [0.717, 1.165) is 0 Å². The first-order valence-electron chi connectivity index (χ1n) is 16.7. The lowest BCUT2D eigenvalue weighted by molar-refractivity contribution is 0.451. The highest BCUT2D eigenvalue weighted by Crippen LogP contribution is 2.41. The summed E-state index contributed by atoms with van der Waals surface area (Å²) < 4.78 is 24.7. The van der Waals surface area contributed by atoms with Gasteiger partial charge < -0.3 is 41.0 Å². The molecule has 0 atom stereocenters. The van der Waals surface area contributed by atoms with Crippen molar-refractivity contribution in [3.63, 3.8) is 0 Å². The van der Waals surface area contributed by atoms with Crippen molar-refractivity contribution in [2.75, 3.05) is 22.1 Å². The topological polar surface area (TPSA) is 201 Å². The van der Waals surface area contributed by atoms with Gasteiger partial charge in [0.2, 0.25) is 11.9 Å². The highest BCUT2D eigenvalue weighted by atomic mass is 16.5. The Bertz CT molecular complexity index is 2860. The Kier molecular flexibility index (Phi) is 6.16. The van der Waals surface area contributed by atoms with E-state index < -0.39 is 0 Å². The molecule has 0 spiro atoms. The SMILES string of the molecule is Nc1ccc2c(c1)Oc1cc3c(cc1=N2)Oc1cc(Nc2ncnc(Nc4ccc5c(c4)Oc4cc6c(cc4=N5)Oc4cc(N)ccc4N=6)n2)ccc1N=3. The third-order valence-corrected chi connectivity index (χ3v) is 8.90. The number of nitrogens with two attached hydrogens (primary N) is 2. The molecule has 0 bridgehead atoms. The minimum absolute atomic E-state index is 0.322. The van der Waals surface area contributed by atoms with E-state index in [2.05, 4.69) is 25.6 Å². The third kappa shape index (κ3) is 5.11. The Morgan fingerprint density at radius 2 is 0.741 bits per heavy atom. The summed E-state index contributed by atoms with van der Waals surface area (Å²) in [5.41, 5.74) is 17.1. The molecule has 4 aliphatic heterocycles. The van der Waals surface area contributed by atoms with Crippen LogP contribution in [0.5, 0.6) is 46.0 Å². The van der Waals surface area contributed by atoms with Crippen LogP contribution in [0, 0.1) is 0 Å². The average molecular weight is 710 g/mol. The molecule has 0 unspecified atom stereocenters. The lowest BCUT2D eigenvalue weighted by Gasteiger charge is -2.19. The van der Waals surface area contributed by atoms with Crippen LogP contribution >= 0.6 is 0 Å². The van der Waals surface area contributed by atoms with Gasteiger partial charge in [-0.2, -0.15) is 4.98 Å². The maximum atomic E-state index is 6.27. The molecular weight excluding hydrogens is 687 g/mol. The van der Waals surface area contributed by atoms with E-state index in [4.69, 9.17) is 50.4 Å². The van der Waals surface area contributed by atoms with E-state index in [1.165, 1.54) is 6.33 Å². The van der Waals surface area contributed by atoms with E-state index in [1.807, 2.05) is 72.8 Å². The van der Waals surface area contributed by atoms with Crippen LogP contribution in [0.4, 0.5) is 57.4 Å². The summed E-state index contributed by atoms with van der Waals surface area (Å²) in [7, 11) is 0. The largest absolute Gasteiger partial charge is 0.453 e. The Balaban J connectivity index is 0.815. The zero-order valence-corrected chi connectivity index (χ0v) is 27.7. The number of rotatable bonds is 4. The van der Waals surface area contributed by atoms with Crippen LogP contribution in [0.15, 0.2) is 123 Å². The molecule has 258 valence electrons.